The van der Waals surface area contributed by atoms with Gasteiger partial charge in [-0.05, 0) is 63.9 Å². The number of hydrogen-bond donors (Lipinski definition) is 1. The summed E-state index contributed by atoms with van der Waals surface area (Å²) in [4.78, 5) is 14.9. The highest BCUT2D eigenvalue weighted by Gasteiger charge is 2.22. The number of benzene rings is 1. The maximum absolute atomic E-state index is 12.3. The monoisotopic (exact) mass is 346 g/mol. The Balaban J connectivity index is 1.81. The first-order valence-corrected chi connectivity index (χ1v) is 9.84. The molecule has 2 rings (SSSR count). The van der Waals surface area contributed by atoms with E-state index in [2.05, 4.69) is 17.1 Å². The van der Waals surface area contributed by atoms with Crippen LogP contribution in [0.5, 0.6) is 5.75 Å². The van der Waals surface area contributed by atoms with Gasteiger partial charge in [0.25, 0.3) is 0 Å². The molecule has 0 aromatic heterocycles. The van der Waals surface area contributed by atoms with Crippen molar-refractivity contribution in [1.29, 1.82) is 0 Å². The van der Waals surface area contributed by atoms with Gasteiger partial charge in [0, 0.05) is 12.6 Å². The molecule has 0 saturated carbocycles. The lowest BCUT2D eigenvalue weighted by atomic mass is 10.0. The number of rotatable bonds is 9. The quantitative estimate of drug-likeness (QED) is 0.740. The Kier molecular flexibility index (Phi) is 8.26. The second-order valence-electron chi connectivity index (χ2n) is 7.33. The summed E-state index contributed by atoms with van der Waals surface area (Å²) in [5, 5.41) is 3.15. The van der Waals surface area contributed by atoms with E-state index in [9.17, 15) is 4.79 Å². The minimum atomic E-state index is 0.0997. The van der Waals surface area contributed by atoms with Crippen LogP contribution in [0.2, 0.25) is 0 Å². The molecule has 4 nitrogen and oxygen atoms in total. The lowest BCUT2D eigenvalue weighted by molar-refractivity contribution is -0.120. The molecule has 4 heteroatoms. The fraction of sp³-hybridized carbons (Fsp3) is 0.667. The van der Waals surface area contributed by atoms with E-state index in [1.165, 1.54) is 38.6 Å². The second kappa shape index (κ2) is 10.4. The maximum atomic E-state index is 12.3. The molecule has 1 aliphatic rings. The van der Waals surface area contributed by atoms with E-state index in [1.807, 2.05) is 38.1 Å². The van der Waals surface area contributed by atoms with E-state index in [4.69, 9.17) is 4.74 Å². The van der Waals surface area contributed by atoms with Crippen LogP contribution in [0.4, 0.5) is 0 Å². The molecule has 1 aliphatic heterocycles. The van der Waals surface area contributed by atoms with Gasteiger partial charge in [-0.1, -0.05) is 31.9 Å². The number of carbonyl (C=O) groups is 1. The van der Waals surface area contributed by atoms with E-state index in [0.717, 1.165) is 24.4 Å². The summed E-state index contributed by atoms with van der Waals surface area (Å²) < 4.78 is 5.70. The van der Waals surface area contributed by atoms with E-state index >= 15 is 0 Å². The number of nitrogens with one attached hydrogen (secondary N) is 1. The van der Waals surface area contributed by atoms with Crippen LogP contribution < -0.4 is 10.1 Å². The zero-order valence-electron chi connectivity index (χ0n) is 16.1. The number of hydrogen-bond acceptors (Lipinski definition) is 3. The van der Waals surface area contributed by atoms with Crippen LogP contribution in [0.25, 0.3) is 0 Å². The fourth-order valence-corrected chi connectivity index (χ4v) is 3.43. The Labute approximate surface area is 152 Å². The van der Waals surface area contributed by atoms with Crippen LogP contribution in [0.15, 0.2) is 24.3 Å². The van der Waals surface area contributed by atoms with Crippen molar-refractivity contribution in [1.82, 2.24) is 10.2 Å². The largest absolute Gasteiger partial charge is 0.491 e. The van der Waals surface area contributed by atoms with Crippen molar-refractivity contribution in [3.05, 3.63) is 29.8 Å². The van der Waals surface area contributed by atoms with Gasteiger partial charge in [-0.2, -0.15) is 0 Å². The summed E-state index contributed by atoms with van der Waals surface area (Å²) in [6.45, 7) is 9.35. The van der Waals surface area contributed by atoms with Crippen molar-refractivity contribution in [3.63, 3.8) is 0 Å². The lowest BCUT2D eigenvalue weighted by Gasteiger charge is -2.35. The highest BCUT2D eigenvalue weighted by molar-refractivity contribution is 5.78. The predicted octanol–water partition coefficient (Wildman–Crippen LogP) is 3.79. The van der Waals surface area contributed by atoms with Gasteiger partial charge in [0.2, 0.25) is 5.91 Å². The van der Waals surface area contributed by atoms with E-state index in [-0.39, 0.29) is 12.0 Å². The van der Waals surface area contributed by atoms with Crippen LogP contribution in [0.3, 0.4) is 0 Å². The SMILES string of the molecule is CCCCN1CCCCC1CNC(=O)Cc1cccc(OC(C)C)c1. The van der Waals surface area contributed by atoms with Crippen LogP contribution in [0.1, 0.15) is 58.4 Å². The molecule has 0 spiro atoms. The highest BCUT2D eigenvalue weighted by atomic mass is 16.5. The molecule has 25 heavy (non-hydrogen) atoms. The van der Waals surface area contributed by atoms with Crippen molar-refractivity contribution >= 4 is 5.91 Å². The van der Waals surface area contributed by atoms with Crippen LogP contribution in [0, 0.1) is 0 Å². The summed E-state index contributed by atoms with van der Waals surface area (Å²) in [5.74, 6) is 0.932. The molecule has 1 N–H and O–H groups in total. The number of ether oxygens (including phenoxy) is 1. The average Bonchev–Trinajstić information content (AvgIpc) is 2.58. The van der Waals surface area contributed by atoms with Crippen molar-refractivity contribution in [3.8, 4) is 5.75 Å². The molecule has 1 aromatic rings. The van der Waals surface area contributed by atoms with Crippen LogP contribution in [-0.4, -0.2) is 42.6 Å². The van der Waals surface area contributed by atoms with Gasteiger partial charge < -0.3 is 10.1 Å². The molecule has 0 aliphatic carbocycles. The molecule has 1 heterocycles. The molecule has 1 saturated heterocycles. The van der Waals surface area contributed by atoms with Crippen molar-refractivity contribution in [2.45, 2.75) is 71.4 Å². The number of piperidine rings is 1. The summed E-state index contributed by atoms with van der Waals surface area (Å²) >= 11 is 0. The minimum Gasteiger partial charge on any atom is -0.491 e. The standard InChI is InChI=1S/C21H34N2O2/c1-4-5-12-23-13-7-6-10-19(23)16-22-21(24)15-18-9-8-11-20(14-18)25-17(2)3/h8-9,11,14,17,19H,4-7,10,12-13,15-16H2,1-3H3,(H,22,24). The molecule has 1 unspecified atom stereocenters. The third-order valence-electron chi connectivity index (χ3n) is 4.72. The zero-order chi connectivity index (χ0) is 18.1. The van der Waals surface area contributed by atoms with Crippen molar-refractivity contribution in [2.75, 3.05) is 19.6 Å². The summed E-state index contributed by atoms with van der Waals surface area (Å²) in [6, 6.07) is 8.34. The van der Waals surface area contributed by atoms with Gasteiger partial charge in [0.1, 0.15) is 5.75 Å². The van der Waals surface area contributed by atoms with Gasteiger partial charge in [0.15, 0.2) is 0 Å². The predicted molar refractivity (Wildman–Crippen MR) is 103 cm³/mol. The summed E-state index contributed by atoms with van der Waals surface area (Å²) in [5.41, 5.74) is 1.00. The topological polar surface area (TPSA) is 41.6 Å². The molecule has 1 fully saturated rings. The van der Waals surface area contributed by atoms with Crippen LogP contribution in [-0.2, 0) is 11.2 Å². The molecule has 0 bridgehead atoms. The lowest BCUT2D eigenvalue weighted by Crippen LogP contribution is -2.47. The molecular weight excluding hydrogens is 312 g/mol. The average molecular weight is 347 g/mol. The Morgan fingerprint density at radius 2 is 2.20 bits per heavy atom. The first kappa shape index (κ1) is 19.8. The third kappa shape index (κ3) is 7.07. The molecule has 0 radical (unpaired) electrons. The van der Waals surface area contributed by atoms with Gasteiger partial charge >= 0.3 is 0 Å². The van der Waals surface area contributed by atoms with Gasteiger partial charge in [-0.3, -0.25) is 9.69 Å². The Bertz CT molecular complexity index is 530. The van der Waals surface area contributed by atoms with E-state index in [0.29, 0.717) is 12.5 Å². The van der Waals surface area contributed by atoms with Crippen LogP contribution >= 0.6 is 0 Å². The maximum Gasteiger partial charge on any atom is 0.224 e. The highest BCUT2D eigenvalue weighted by Crippen LogP contribution is 2.18. The van der Waals surface area contributed by atoms with Crippen molar-refractivity contribution < 1.29 is 9.53 Å². The number of amides is 1. The molecule has 1 amide bonds. The molecular formula is C21H34N2O2. The normalized spacial score (nSPS) is 18.3. The Morgan fingerprint density at radius 1 is 1.36 bits per heavy atom. The molecule has 1 atom stereocenters. The first-order chi connectivity index (χ1) is 12.1. The van der Waals surface area contributed by atoms with Gasteiger partial charge in [-0.15, -0.1) is 0 Å². The Morgan fingerprint density at radius 3 is 2.96 bits per heavy atom. The summed E-state index contributed by atoms with van der Waals surface area (Å²) in [6.07, 6.45) is 6.79. The Hall–Kier alpha value is -1.55. The van der Waals surface area contributed by atoms with Crippen molar-refractivity contribution in [2.24, 2.45) is 0 Å². The minimum absolute atomic E-state index is 0.0997. The number of nitrogens with zero attached hydrogens (tertiary/aromatic N) is 1. The smallest absolute Gasteiger partial charge is 0.224 e. The summed E-state index contributed by atoms with van der Waals surface area (Å²) in [7, 11) is 0. The third-order valence-corrected chi connectivity index (χ3v) is 4.72. The fourth-order valence-electron chi connectivity index (χ4n) is 3.43. The number of unbranched alkanes of at least 4 members (excludes halogenated alkanes) is 1. The molecule has 1 aromatic carbocycles. The molecule has 140 valence electrons. The second-order valence-corrected chi connectivity index (χ2v) is 7.33. The zero-order valence-corrected chi connectivity index (χ0v) is 16.1. The first-order valence-electron chi connectivity index (χ1n) is 9.84. The van der Waals surface area contributed by atoms with E-state index < -0.39 is 0 Å². The van der Waals surface area contributed by atoms with Gasteiger partial charge in [-0.25, -0.2) is 0 Å². The van der Waals surface area contributed by atoms with E-state index in [1.54, 1.807) is 0 Å². The number of likely N-dealkylation sites (tertiary alicyclic amines) is 1. The van der Waals surface area contributed by atoms with Gasteiger partial charge in [0.05, 0.1) is 12.5 Å². The number of carbonyl (C=O) groups excluding carboxylic acids is 1.